The monoisotopic (exact) mass is 463 g/mol. The largest absolute Gasteiger partial charge is 0.369 e. The predicted octanol–water partition coefficient (Wildman–Crippen LogP) is 3.76. The third-order valence-electron chi connectivity index (χ3n) is 6.02. The van der Waals surface area contributed by atoms with Gasteiger partial charge in [0.25, 0.3) is 5.91 Å². The van der Waals surface area contributed by atoms with Gasteiger partial charge in [0.15, 0.2) is 0 Å². The first kappa shape index (κ1) is 22.3. The number of hydrogen-bond acceptors (Lipinski definition) is 7. The highest BCUT2D eigenvalue weighted by Gasteiger charge is 2.14. The number of rotatable bonds is 5. The maximum absolute atomic E-state index is 11.6. The molecule has 0 spiro atoms. The number of terminal acetylenes is 1. The van der Waals surface area contributed by atoms with Crippen LogP contribution in [0.25, 0.3) is 22.2 Å². The van der Waals surface area contributed by atoms with E-state index in [1.165, 1.54) is 5.69 Å². The van der Waals surface area contributed by atoms with E-state index in [2.05, 4.69) is 55.5 Å². The maximum atomic E-state index is 11.6. The molecular weight excluding hydrogens is 438 g/mol. The Kier molecular flexibility index (Phi) is 6.24. The average molecular weight is 464 g/mol. The zero-order valence-electron chi connectivity index (χ0n) is 19.4. The van der Waals surface area contributed by atoms with Crippen LogP contribution in [0.2, 0.25) is 0 Å². The number of likely N-dealkylation sites (N-methyl/N-ethyl adjacent to an activating group) is 1. The second-order valence-corrected chi connectivity index (χ2v) is 8.43. The molecule has 1 amide bonds. The summed E-state index contributed by atoms with van der Waals surface area (Å²) in [6, 6.07) is 17.6. The van der Waals surface area contributed by atoms with Crippen molar-refractivity contribution in [2.75, 3.05) is 48.8 Å². The summed E-state index contributed by atoms with van der Waals surface area (Å²) in [7, 11) is 2.16. The Bertz CT molecular complexity index is 1400. The van der Waals surface area contributed by atoms with Crippen molar-refractivity contribution >= 4 is 39.8 Å². The minimum Gasteiger partial charge on any atom is -0.369 e. The Balaban J connectivity index is 1.39. The first-order valence-electron chi connectivity index (χ1n) is 11.4. The molecule has 0 aliphatic carbocycles. The molecule has 0 saturated carbocycles. The highest BCUT2D eigenvalue weighted by molar-refractivity contribution is 6.04. The van der Waals surface area contributed by atoms with Crippen LogP contribution < -0.4 is 15.5 Å². The van der Waals surface area contributed by atoms with E-state index in [1.54, 1.807) is 18.5 Å². The molecule has 8 nitrogen and oxygen atoms in total. The Morgan fingerprint density at radius 3 is 2.57 bits per heavy atom. The van der Waals surface area contributed by atoms with Crippen molar-refractivity contribution in [3.63, 3.8) is 0 Å². The van der Waals surface area contributed by atoms with Crippen LogP contribution in [0.4, 0.5) is 23.0 Å². The van der Waals surface area contributed by atoms with Gasteiger partial charge >= 0.3 is 0 Å². The molecule has 1 aliphatic heterocycles. The topological polar surface area (TPSA) is 86.3 Å². The fourth-order valence-corrected chi connectivity index (χ4v) is 4.09. The number of nitrogens with zero attached hydrogens (tertiary/aromatic N) is 5. The quantitative estimate of drug-likeness (QED) is 0.436. The second-order valence-electron chi connectivity index (χ2n) is 8.43. The molecule has 0 atom stereocenters. The van der Waals surface area contributed by atoms with Crippen LogP contribution in [-0.4, -0.2) is 59.0 Å². The van der Waals surface area contributed by atoms with Crippen molar-refractivity contribution in [3.05, 3.63) is 67.0 Å². The Labute approximate surface area is 204 Å². The third-order valence-corrected chi connectivity index (χ3v) is 6.02. The van der Waals surface area contributed by atoms with E-state index in [-0.39, 0.29) is 0 Å². The molecule has 1 fully saturated rings. The van der Waals surface area contributed by atoms with E-state index in [0.717, 1.165) is 42.8 Å². The van der Waals surface area contributed by atoms with Crippen LogP contribution in [0.1, 0.15) is 0 Å². The average Bonchev–Trinajstić information content (AvgIpc) is 2.89. The van der Waals surface area contributed by atoms with E-state index in [9.17, 15) is 4.79 Å². The third kappa shape index (κ3) is 5.05. The minimum atomic E-state index is -0.500. The molecule has 8 heteroatoms. The van der Waals surface area contributed by atoms with Gasteiger partial charge in [0, 0.05) is 66.6 Å². The lowest BCUT2D eigenvalue weighted by atomic mass is 10.1. The van der Waals surface area contributed by atoms with Crippen LogP contribution in [0.15, 0.2) is 67.0 Å². The number of hydrogen-bond donors (Lipinski definition) is 2. The summed E-state index contributed by atoms with van der Waals surface area (Å²) in [5.41, 5.74) is 4.93. The number of pyridine rings is 1. The molecular formula is C27H25N7O. The number of piperazine rings is 1. The van der Waals surface area contributed by atoms with E-state index >= 15 is 0 Å². The van der Waals surface area contributed by atoms with Gasteiger partial charge in [-0.1, -0.05) is 12.1 Å². The number of fused-ring (bicyclic) bond motifs is 1. The lowest BCUT2D eigenvalue weighted by Gasteiger charge is -2.34. The molecule has 3 heterocycles. The molecule has 2 aromatic carbocycles. The fraction of sp³-hybridized carbons (Fsp3) is 0.185. The van der Waals surface area contributed by atoms with Crippen molar-refractivity contribution in [2.24, 2.45) is 0 Å². The van der Waals surface area contributed by atoms with Crippen LogP contribution in [0.3, 0.4) is 0 Å². The number of benzene rings is 2. The molecule has 1 saturated heterocycles. The second kappa shape index (κ2) is 9.79. The highest BCUT2D eigenvalue weighted by atomic mass is 16.1. The van der Waals surface area contributed by atoms with Gasteiger partial charge in [0.2, 0.25) is 5.95 Å². The van der Waals surface area contributed by atoms with Crippen molar-refractivity contribution < 1.29 is 4.79 Å². The molecule has 1 aliphatic rings. The smallest absolute Gasteiger partial charge is 0.300 e. The SMILES string of the molecule is C#CC(=O)Nc1cccc(-c2nccc3cnc(Nc4ccc(N5CCN(C)CC5)cc4)nc23)c1. The van der Waals surface area contributed by atoms with Gasteiger partial charge < -0.3 is 20.4 Å². The van der Waals surface area contributed by atoms with Crippen molar-refractivity contribution in [1.29, 1.82) is 0 Å². The zero-order chi connectivity index (χ0) is 24.2. The number of anilines is 4. The van der Waals surface area contributed by atoms with Gasteiger partial charge in [-0.05, 0) is 55.4 Å². The van der Waals surface area contributed by atoms with Gasteiger partial charge in [-0.2, -0.15) is 0 Å². The summed E-state index contributed by atoms with van der Waals surface area (Å²) in [5.74, 6) is 2.04. The number of carbonyl (C=O) groups excluding carboxylic acids is 1. The van der Waals surface area contributed by atoms with Crippen LogP contribution in [0.5, 0.6) is 0 Å². The standard InChI is InChI=1S/C27H25N7O/c1-3-24(35)30-22-6-4-5-19(17-22)25-26-20(11-12-28-25)18-29-27(32-26)31-21-7-9-23(10-8-21)34-15-13-33(2)14-16-34/h1,4-12,17-18H,13-16H2,2H3,(H,30,35)(H,29,31,32). The zero-order valence-corrected chi connectivity index (χ0v) is 19.4. The first-order valence-corrected chi connectivity index (χ1v) is 11.4. The molecule has 0 bridgehead atoms. The number of aromatic nitrogens is 3. The maximum Gasteiger partial charge on any atom is 0.300 e. The molecule has 2 aromatic heterocycles. The van der Waals surface area contributed by atoms with Gasteiger partial charge in [-0.15, -0.1) is 6.42 Å². The summed E-state index contributed by atoms with van der Waals surface area (Å²) >= 11 is 0. The molecule has 174 valence electrons. The minimum absolute atomic E-state index is 0.482. The highest BCUT2D eigenvalue weighted by Crippen LogP contribution is 2.28. The Morgan fingerprint density at radius 1 is 1.00 bits per heavy atom. The van der Waals surface area contributed by atoms with E-state index in [0.29, 0.717) is 22.8 Å². The molecule has 0 radical (unpaired) electrons. The van der Waals surface area contributed by atoms with Gasteiger partial charge in [0.05, 0.1) is 5.69 Å². The van der Waals surface area contributed by atoms with Crippen molar-refractivity contribution in [3.8, 4) is 23.6 Å². The van der Waals surface area contributed by atoms with E-state index in [1.807, 2.05) is 36.4 Å². The van der Waals surface area contributed by atoms with Crippen LogP contribution >= 0.6 is 0 Å². The number of nitrogens with one attached hydrogen (secondary N) is 2. The number of carbonyl (C=O) groups is 1. The van der Waals surface area contributed by atoms with Crippen LogP contribution in [-0.2, 0) is 4.79 Å². The summed E-state index contributed by atoms with van der Waals surface area (Å²) in [5, 5.41) is 6.84. The summed E-state index contributed by atoms with van der Waals surface area (Å²) in [6.45, 7) is 4.20. The predicted molar refractivity (Wildman–Crippen MR) is 140 cm³/mol. The summed E-state index contributed by atoms with van der Waals surface area (Å²) in [4.78, 5) is 30.1. The van der Waals surface area contributed by atoms with Gasteiger partial charge in [0.1, 0.15) is 5.52 Å². The molecule has 5 rings (SSSR count). The molecule has 0 unspecified atom stereocenters. The molecule has 35 heavy (non-hydrogen) atoms. The van der Waals surface area contributed by atoms with E-state index < -0.39 is 5.91 Å². The molecule has 4 aromatic rings. The van der Waals surface area contributed by atoms with Gasteiger partial charge in [-0.25, -0.2) is 9.97 Å². The number of amides is 1. The van der Waals surface area contributed by atoms with Crippen molar-refractivity contribution in [1.82, 2.24) is 19.9 Å². The molecule has 2 N–H and O–H groups in total. The lowest BCUT2D eigenvalue weighted by Crippen LogP contribution is -2.44. The summed E-state index contributed by atoms with van der Waals surface area (Å²) in [6.07, 6.45) is 8.67. The Hall–Kier alpha value is -4.48. The van der Waals surface area contributed by atoms with E-state index in [4.69, 9.17) is 11.4 Å². The summed E-state index contributed by atoms with van der Waals surface area (Å²) < 4.78 is 0. The normalized spacial score (nSPS) is 13.9. The Morgan fingerprint density at radius 2 is 1.80 bits per heavy atom. The van der Waals surface area contributed by atoms with Crippen LogP contribution in [0, 0.1) is 12.3 Å². The first-order chi connectivity index (χ1) is 17.1. The lowest BCUT2D eigenvalue weighted by molar-refractivity contribution is -0.111. The fourth-order valence-electron chi connectivity index (χ4n) is 4.09. The van der Waals surface area contributed by atoms with Gasteiger partial charge in [-0.3, -0.25) is 9.78 Å². The van der Waals surface area contributed by atoms with Crippen molar-refractivity contribution in [2.45, 2.75) is 0 Å².